The Balaban J connectivity index is 2.67. The second kappa shape index (κ2) is 3.71. The Morgan fingerprint density at radius 2 is 2.40 bits per heavy atom. The predicted octanol–water partition coefficient (Wildman–Crippen LogP) is 3.08. The smallest absolute Gasteiger partial charge is 0.170 e. The number of ketones is 1. The summed E-state index contributed by atoms with van der Waals surface area (Å²) < 4.78 is 5.21. The summed E-state index contributed by atoms with van der Waals surface area (Å²) in [7, 11) is 0. The van der Waals surface area contributed by atoms with Crippen molar-refractivity contribution in [3.63, 3.8) is 0 Å². The van der Waals surface area contributed by atoms with Gasteiger partial charge in [0.25, 0.3) is 0 Å². The molecule has 0 saturated heterocycles. The van der Waals surface area contributed by atoms with Crippen molar-refractivity contribution in [2.45, 2.75) is 6.92 Å². The van der Waals surface area contributed by atoms with Crippen LogP contribution in [0.3, 0.4) is 0 Å². The van der Waals surface area contributed by atoms with Crippen molar-refractivity contribution in [3.8, 4) is 17.4 Å². The van der Waals surface area contributed by atoms with Gasteiger partial charge in [-0.1, -0.05) is 0 Å². The molecule has 0 atom stereocenters. The molecule has 2 heterocycles. The number of carbonyl (C=O) groups is 1. The largest absolute Gasteiger partial charge is 0.464 e. The van der Waals surface area contributed by atoms with E-state index >= 15 is 0 Å². The van der Waals surface area contributed by atoms with E-state index in [1.54, 1.807) is 17.5 Å². The molecule has 3 nitrogen and oxygen atoms in total. The fraction of sp³-hybridized carbons (Fsp3) is 0.0909. The quantitative estimate of drug-likeness (QED) is 0.726. The molecule has 2 aromatic heterocycles. The van der Waals surface area contributed by atoms with E-state index in [0.29, 0.717) is 21.8 Å². The first-order valence-corrected chi connectivity index (χ1v) is 5.18. The van der Waals surface area contributed by atoms with Crippen LogP contribution in [0.4, 0.5) is 0 Å². The second-order valence-corrected chi connectivity index (χ2v) is 3.88. The normalized spacial score (nSPS) is 9.87. The fourth-order valence-electron chi connectivity index (χ4n) is 1.36. The van der Waals surface area contributed by atoms with Gasteiger partial charge in [0.05, 0.1) is 22.3 Å². The third-order valence-corrected chi connectivity index (χ3v) is 3.08. The van der Waals surface area contributed by atoms with Crippen LogP contribution in [0.15, 0.2) is 28.2 Å². The minimum atomic E-state index is -0.0482. The molecule has 2 aromatic rings. The highest BCUT2D eigenvalue weighted by Gasteiger charge is 2.18. The Hall–Kier alpha value is -1.86. The summed E-state index contributed by atoms with van der Waals surface area (Å²) in [5, 5.41) is 10.6. The molecule has 4 heteroatoms. The Morgan fingerprint density at radius 3 is 2.93 bits per heavy atom. The van der Waals surface area contributed by atoms with Crippen molar-refractivity contribution in [2.24, 2.45) is 0 Å². The number of nitrogens with zero attached hydrogens (tertiary/aromatic N) is 1. The predicted molar refractivity (Wildman–Crippen MR) is 56.7 cm³/mol. The molecule has 74 valence electrons. The summed E-state index contributed by atoms with van der Waals surface area (Å²) in [6.07, 6.45) is 1.53. The Labute approximate surface area is 90.6 Å². The number of carbonyl (C=O) groups excluding carboxylic acids is 1. The monoisotopic (exact) mass is 217 g/mol. The molecule has 0 radical (unpaired) electrons. The molecule has 0 aromatic carbocycles. The molecule has 0 saturated carbocycles. The molecule has 0 spiro atoms. The lowest BCUT2D eigenvalue weighted by Crippen LogP contribution is -1.90. The molecule has 0 aliphatic rings. The first-order valence-electron chi connectivity index (χ1n) is 4.30. The van der Waals surface area contributed by atoms with Crippen LogP contribution in [0, 0.1) is 11.3 Å². The topological polar surface area (TPSA) is 54.0 Å². The molecule has 2 rings (SSSR count). The molecule has 0 bridgehead atoms. The van der Waals surface area contributed by atoms with Gasteiger partial charge in [0.1, 0.15) is 11.8 Å². The number of furan rings is 1. The van der Waals surface area contributed by atoms with Gasteiger partial charge in [-0.2, -0.15) is 5.26 Å². The summed E-state index contributed by atoms with van der Waals surface area (Å²) in [6, 6.07) is 5.54. The zero-order chi connectivity index (χ0) is 10.8. The van der Waals surface area contributed by atoms with Gasteiger partial charge in [0.15, 0.2) is 5.78 Å². The third-order valence-electron chi connectivity index (χ3n) is 2.00. The van der Waals surface area contributed by atoms with E-state index in [4.69, 9.17) is 9.68 Å². The van der Waals surface area contributed by atoms with E-state index in [-0.39, 0.29) is 5.78 Å². The van der Waals surface area contributed by atoms with E-state index in [1.807, 2.05) is 0 Å². The number of Topliss-reactive ketones (excluding diaryl/α,β-unsaturated/α-hetero) is 1. The molecule has 0 unspecified atom stereocenters. The molecular formula is C11H7NO2S. The summed E-state index contributed by atoms with van der Waals surface area (Å²) in [6.45, 7) is 1.49. The summed E-state index contributed by atoms with van der Waals surface area (Å²) in [5.41, 5.74) is 1.10. The van der Waals surface area contributed by atoms with Crippen molar-refractivity contribution in [3.05, 3.63) is 34.2 Å². The standard InChI is InChI=1S/C11H7NO2S/c1-7(13)11-10(8(5-12)6-15-11)9-3-2-4-14-9/h2-4,6H,1H3. The van der Waals surface area contributed by atoms with Crippen LogP contribution in [-0.4, -0.2) is 5.78 Å². The van der Waals surface area contributed by atoms with Gasteiger partial charge in [-0.3, -0.25) is 4.79 Å². The van der Waals surface area contributed by atoms with Crippen LogP contribution in [0.2, 0.25) is 0 Å². The molecule has 0 amide bonds. The molecule has 0 fully saturated rings. The lowest BCUT2D eigenvalue weighted by Gasteiger charge is -1.96. The van der Waals surface area contributed by atoms with Gasteiger partial charge in [-0.15, -0.1) is 11.3 Å². The summed E-state index contributed by atoms with van der Waals surface area (Å²) in [5.74, 6) is 0.519. The average Bonchev–Trinajstić information content (AvgIpc) is 2.85. The number of thiophene rings is 1. The number of rotatable bonds is 2. The Morgan fingerprint density at radius 1 is 1.60 bits per heavy atom. The number of nitriles is 1. The lowest BCUT2D eigenvalue weighted by atomic mass is 10.1. The van der Waals surface area contributed by atoms with E-state index in [9.17, 15) is 4.79 Å². The first-order chi connectivity index (χ1) is 7.24. The van der Waals surface area contributed by atoms with Crippen LogP contribution < -0.4 is 0 Å². The van der Waals surface area contributed by atoms with Crippen LogP contribution in [0.5, 0.6) is 0 Å². The molecular weight excluding hydrogens is 210 g/mol. The highest BCUT2D eigenvalue weighted by Crippen LogP contribution is 2.33. The van der Waals surface area contributed by atoms with Gasteiger partial charge < -0.3 is 4.42 Å². The van der Waals surface area contributed by atoms with Crippen LogP contribution in [0.1, 0.15) is 22.2 Å². The van der Waals surface area contributed by atoms with Gasteiger partial charge in [0.2, 0.25) is 0 Å². The zero-order valence-electron chi connectivity index (χ0n) is 7.98. The van der Waals surface area contributed by atoms with E-state index in [2.05, 4.69) is 6.07 Å². The molecule has 0 aliphatic carbocycles. The van der Waals surface area contributed by atoms with Gasteiger partial charge in [-0.25, -0.2) is 0 Å². The SMILES string of the molecule is CC(=O)c1scc(C#N)c1-c1ccco1. The third kappa shape index (κ3) is 1.58. The Kier molecular flexibility index (Phi) is 2.40. The minimum absolute atomic E-state index is 0.0482. The number of hydrogen-bond acceptors (Lipinski definition) is 4. The first kappa shape index (κ1) is 9.69. The average molecular weight is 217 g/mol. The van der Waals surface area contributed by atoms with Crippen molar-refractivity contribution < 1.29 is 9.21 Å². The van der Waals surface area contributed by atoms with E-state index in [1.165, 1.54) is 24.5 Å². The fourth-order valence-corrected chi connectivity index (χ4v) is 2.27. The Bertz CT molecular complexity index is 531. The molecule has 0 aliphatic heterocycles. The highest BCUT2D eigenvalue weighted by molar-refractivity contribution is 7.12. The van der Waals surface area contributed by atoms with Crippen LogP contribution in [-0.2, 0) is 0 Å². The van der Waals surface area contributed by atoms with Gasteiger partial charge in [-0.05, 0) is 19.1 Å². The maximum atomic E-state index is 11.3. The molecule has 15 heavy (non-hydrogen) atoms. The van der Waals surface area contributed by atoms with Gasteiger partial charge >= 0.3 is 0 Å². The van der Waals surface area contributed by atoms with E-state index < -0.39 is 0 Å². The van der Waals surface area contributed by atoms with Crippen molar-refractivity contribution in [1.82, 2.24) is 0 Å². The van der Waals surface area contributed by atoms with Crippen LogP contribution >= 0.6 is 11.3 Å². The van der Waals surface area contributed by atoms with Crippen molar-refractivity contribution >= 4 is 17.1 Å². The summed E-state index contributed by atoms with van der Waals surface area (Å²) >= 11 is 1.28. The van der Waals surface area contributed by atoms with Crippen molar-refractivity contribution in [1.29, 1.82) is 5.26 Å². The molecule has 0 N–H and O–H groups in total. The summed E-state index contributed by atoms with van der Waals surface area (Å²) in [4.78, 5) is 11.9. The number of hydrogen-bond donors (Lipinski definition) is 0. The van der Waals surface area contributed by atoms with Crippen molar-refractivity contribution in [2.75, 3.05) is 0 Å². The lowest BCUT2D eigenvalue weighted by molar-refractivity contribution is 0.102. The van der Waals surface area contributed by atoms with E-state index in [0.717, 1.165) is 0 Å². The van der Waals surface area contributed by atoms with Gasteiger partial charge in [0, 0.05) is 5.38 Å². The zero-order valence-corrected chi connectivity index (χ0v) is 8.80. The second-order valence-electron chi connectivity index (χ2n) is 3.00. The highest BCUT2D eigenvalue weighted by atomic mass is 32.1. The maximum absolute atomic E-state index is 11.3. The van der Waals surface area contributed by atoms with Crippen LogP contribution in [0.25, 0.3) is 11.3 Å². The maximum Gasteiger partial charge on any atom is 0.170 e. The minimum Gasteiger partial charge on any atom is -0.464 e.